The molecular formula is C18H27F2NO3S. The van der Waals surface area contributed by atoms with Gasteiger partial charge in [0.1, 0.15) is 5.60 Å². The Bertz CT molecular complexity index is 665. The molecule has 1 N–H and O–H groups in total. The summed E-state index contributed by atoms with van der Waals surface area (Å²) < 4.78 is 48.1. The zero-order valence-electron chi connectivity index (χ0n) is 15.8. The lowest BCUT2D eigenvalue weighted by atomic mass is 9.89. The molecule has 1 rings (SSSR count). The standard InChI is InChI=1S/C18H27F2NO3S/c1-16(2,3)24-14(22)11-18(7,21-25(23)17(4,5)6)12-9-8-10-13(19)15(12)20/h8-10,21H,11H2,1-7H3/t18?,25-/m1/s1. The number of rotatable bonds is 5. The van der Waals surface area contributed by atoms with E-state index < -0.39 is 44.5 Å². The summed E-state index contributed by atoms with van der Waals surface area (Å²) in [6.45, 7) is 11.9. The van der Waals surface area contributed by atoms with Crippen molar-refractivity contribution in [3.05, 3.63) is 35.4 Å². The highest BCUT2D eigenvalue weighted by Crippen LogP contribution is 2.31. The van der Waals surface area contributed by atoms with Crippen molar-refractivity contribution in [2.75, 3.05) is 0 Å². The second-order valence-corrected chi connectivity index (χ2v) is 10.1. The number of nitrogens with one attached hydrogen (secondary N) is 1. The molecule has 142 valence electrons. The second-order valence-electron chi connectivity index (χ2n) is 8.18. The molecule has 0 aliphatic heterocycles. The summed E-state index contributed by atoms with van der Waals surface area (Å²) in [5.41, 5.74) is -2.19. The molecule has 0 saturated heterocycles. The van der Waals surface area contributed by atoms with Crippen LogP contribution in [0.2, 0.25) is 0 Å². The molecule has 0 aliphatic rings. The minimum atomic E-state index is -1.61. The Hall–Kier alpha value is -1.34. The number of ether oxygens (including phenoxy) is 1. The van der Waals surface area contributed by atoms with Gasteiger partial charge < -0.3 is 4.74 Å². The van der Waals surface area contributed by atoms with Crippen LogP contribution in [-0.4, -0.2) is 20.5 Å². The first kappa shape index (κ1) is 21.7. The van der Waals surface area contributed by atoms with Gasteiger partial charge in [-0.2, -0.15) is 0 Å². The smallest absolute Gasteiger partial charge is 0.308 e. The largest absolute Gasteiger partial charge is 0.460 e. The zero-order valence-corrected chi connectivity index (χ0v) is 16.6. The van der Waals surface area contributed by atoms with E-state index in [1.807, 2.05) is 0 Å². The SMILES string of the molecule is CC(C)(C)OC(=O)CC(C)(N[S@](=O)C(C)(C)C)c1cccc(F)c1F. The van der Waals surface area contributed by atoms with Gasteiger partial charge in [-0.05, 0) is 54.5 Å². The fourth-order valence-electron chi connectivity index (χ4n) is 2.14. The number of hydrogen-bond donors (Lipinski definition) is 1. The second kappa shape index (κ2) is 7.50. The molecule has 0 spiro atoms. The van der Waals surface area contributed by atoms with Crippen LogP contribution in [0.1, 0.15) is 60.5 Å². The summed E-state index contributed by atoms with van der Waals surface area (Å²) in [6, 6.07) is 3.71. The average molecular weight is 375 g/mol. The number of carbonyl (C=O) groups is 1. The molecule has 7 heteroatoms. The van der Waals surface area contributed by atoms with Gasteiger partial charge in [0.05, 0.1) is 27.7 Å². The van der Waals surface area contributed by atoms with Gasteiger partial charge in [-0.15, -0.1) is 0 Å². The number of halogens is 2. The van der Waals surface area contributed by atoms with E-state index in [-0.39, 0.29) is 12.0 Å². The molecule has 0 bridgehead atoms. The molecule has 0 heterocycles. The molecule has 1 unspecified atom stereocenters. The molecule has 25 heavy (non-hydrogen) atoms. The number of carbonyl (C=O) groups excluding carboxylic acids is 1. The predicted octanol–water partition coefficient (Wildman–Crippen LogP) is 3.96. The lowest BCUT2D eigenvalue weighted by Crippen LogP contribution is -2.48. The third-order valence-corrected chi connectivity index (χ3v) is 5.09. The van der Waals surface area contributed by atoms with Crippen LogP contribution >= 0.6 is 0 Å². The molecule has 0 saturated carbocycles. The van der Waals surface area contributed by atoms with E-state index in [0.717, 1.165) is 6.07 Å². The van der Waals surface area contributed by atoms with Crippen LogP contribution < -0.4 is 4.72 Å². The molecule has 1 aromatic carbocycles. The van der Waals surface area contributed by atoms with Crippen molar-refractivity contribution in [3.63, 3.8) is 0 Å². The summed E-state index contributed by atoms with van der Waals surface area (Å²) in [4.78, 5) is 12.3. The van der Waals surface area contributed by atoms with E-state index in [0.29, 0.717) is 0 Å². The van der Waals surface area contributed by atoms with E-state index in [4.69, 9.17) is 4.74 Å². The number of hydrogen-bond acceptors (Lipinski definition) is 3. The summed E-state index contributed by atoms with van der Waals surface area (Å²) in [5, 5.41) is 0. The Labute approximate surface area is 150 Å². The Morgan fingerprint density at radius 3 is 2.16 bits per heavy atom. The summed E-state index contributed by atoms with van der Waals surface area (Å²) in [7, 11) is -1.61. The highest BCUT2D eigenvalue weighted by Gasteiger charge is 2.38. The maximum Gasteiger partial charge on any atom is 0.308 e. The maximum absolute atomic E-state index is 14.4. The van der Waals surface area contributed by atoms with Crippen LogP contribution in [0.4, 0.5) is 8.78 Å². The van der Waals surface area contributed by atoms with Crippen molar-refractivity contribution in [1.82, 2.24) is 4.72 Å². The van der Waals surface area contributed by atoms with Crippen molar-refractivity contribution < 1.29 is 22.5 Å². The van der Waals surface area contributed by atoms with E-state index in [1.54, 1.807) is 41.5 Å². The predicted molar refractivity (Wildman–Crippen MR) is 95.2 cm³/mol. The van der Waals surface area contributed by atoms with E-state index in [2.05, 4.69) is 4.72 Å². The summed E-state index contributed by atoms with van der Waals surface area (Å²) >= 11 is 0. The molecular weight excluding hydrogens is 348 g/mol. The van der Waals surface area contributed by atoms with Crippen molar-refractivity contribution in [1.29, 1.82) is 0 Å². The third kappa shape index (κ3) is 6.15. The monoisotopic (exact) mass is 375 g/mol. The topological polar surface area (TPSA) is 55.4 Å². The van der Waals surface area contributed by atoms with Gasteiger partial charge in [0.25, 0.3) is 0 Å². The Morgan fingerprint density at radius 2 is 1.68 bits per heavy atom. The average Bonchev–Trinajstić information content (AvgIpc) is 2.37. The quantitative estimate of drug-likeness (QED) is 0.793. The van der Waals surface area contributed by atoms with Crippen molar-refractivity contribution in [2.45, 2.75) is 70.8 Å². The highest BCUT2D eigenvalue weighted by molar-refractivity contribution is 7.84. The maximum atomic E-state index is 14.4. The third-order valence-electron chi connectivity index (χ3n) is 3.34. The van der Waals surface area contributed by atoms with Gasteiger partial charge in [0, 0.05) is 5.56 Å². The molecule has 0 aliphatic carbocycles. The lowest BCUT2D eigenvalue weighted by Gasteiger charge is -2.34. The van der Waals surface area contributed by atoms with Crippen LogP contribution in [0.3, 0.4) is 0 Å². The molecule has 4 nitrogen and oxygen atoms in total. The lowest BCUT2D eigenvalue weighted by molar-refractivity contribution is -0.156. The van der Waals surface area contributed by atoms with Crippen LogP contribution in [0.5, 0.6) is 0 Å². The van der Waals surface area contributed by atoms with Crippen molar-refractivity contribution >= 4 is 17.0 Å². The highest BCUT2D eigenvalue weighted by atomic mass is 32.2. The van der Waals surface area contributed by atoms with E-state index in [1.165, 1.54) is 19.1 Å². The summed E-state index contributed by atoms with van der Waals surface area (Å²) in [6.07, 6.45) is -0.299. The zero-order chi connectivity index (χ0) is 19.6. The first-order valence-electron chi connectivity index (χ1n) is 8.02. The van der Waals surface area contributed by atoms with Gasteiger partial charge in [-0.3, -0.25) is 4.79 Å². The van der Waals surface area contributed by atoms with Gasteiger partial charge in [0.2, 0.25) is 0 Å². The van der Waals surface area contributed by atoms with Crippen LogP contribution in [0.25, 0.3) is 0 Å². The minimum absolute atomic E-state index is 0.0732. The van der Waals surface area contributed by atoms with Crippen molar-refractivity contribution in [3.8, 4) is 0 Å². The fraction of sp³-hybridized carbons (Fsp3) is 0.611. The Kier molecular flexibility index (Phi) is 6.51. The van der Waals surface area contributed by atoms with E-state index >= 15 is 0 Å². The van der Waals surface area contributed by atoms with Gasteiger partial charge >= 0.3 is 5.97 Å². The fourth-order valence-corrected chi connectivity index (χ4v) is 3.04. The molecule has 0 fully saturated rings. The molecule has 0 amide bonds. The van der Waals surface area contributed by atoms with Gasteiger partial charge in [0.15, 0.2) is 11.6 Å². The van der Waals surface area contributed by atoms with Crippen LogP contribution in [0.15, 0.2) is 18.2 Å². The van der Waals surface area contributed by atoms with Crippen molar-refractivity contribution in [2.24, 2.45) is 0 Å². The molecule has 1 aromatic rings. The minimum Gasteiger partial charge on any atom is -0.460 e. The normalized spacial score (nSPS) is 16.2. The molecule has 2 atom stereocenters. The van der Waals surface area contributed by atoms with Gasteiger partial charge in [-0.1, -0.05) is 12.1 Å². The first-order chi connectivity index (χ1) is 11.2. The first-order valence-corrected chi connectivity index (χ1v) is 9.17. The molecule has 0 aromatic heterocycles. The van der Waals surface area contributed by atoms with Crippen LogP contribution in [-0.2, 0) is 26.1 Å². The van der Waals surface area contributed by atoms with E-state index in [9.17, 15) is 17.8 Å². The Balaban J connectivity index is 3.29. The molecule has 0 radical (unpaired) electrons. The van der Waals surface area contributed by atoms with Crippen LogP contribution in [0, 0.1) is 11.6 Å². The summed E-state index contributed by atoms with van der Waals surface area (Å²) in [5.74, 6) is -2.71. The Morgan fingerprint density at radius 1 is 1.12 bits per heavy atom. The number of esters is 1. The number of benzene rings is 1. The van der Waals surface area contributed by atoms with Gasteiger partial charge in [-0.25, -0.2) is 17.7 Å².